The van der Waals surface area contributed by atoms with Crippen LogP contribution in [0.4, 0.5) is 5.69 Å². The van der Waals surface area contributed by atoms with Gasteiger partial charge in [0.1, 0.15) is 5.75 Å². The van der Waals surface area contributed by atoms with Gasteiger partial charge in [-0.2, -0.15) is 0 Å². The minimum atomic E-state index is -0.295. The van der Waals surface area contributed by atoms with Crippen LogP contribution in [0.2, 0.25) is 0 Å². The molecule has 3 aromatic rings. The topological polar surface area (TPSA) is 80.3 Å². The second-order valence-electron chi connectivity index (χ2n) is 6.23. The molecule has 0 atom stereocenters. The van der Waals surface area contributed by atoms with Gasteiger partial charge >= 0.3 is 0 Å². The molecule has 1 heterocycles. The number of carbonyl (C=O) groups excluding carboxylic acids is 2. The van der Waals surface area contributed by atoms with Gasteiger partial charge in [-0.25, -0.2) is 4.98 Å². The number of carbonyl (C=O) groups is 2. The largest absolute Gasteiger partial charge is 0.439 e. The van der Waals surface area contributed by atoms with Crippen LogP contribution < -0.4 is 15.4 Å². The van der Waals surface area contributed by atoms with Crippen LogP contribution in [0.25, 0.3) is 0 Å². The van der Waals surface area contributed by atoms with E-state index in [1.54, 1.807) is 36.4 Å². The predicted octanol–water partition coefficient (Wildman–Crippen LogP) is 5.03. The molecule has 0 aliphatic rings. The van der Waals surface area contributed by atoms with Gasteiger partial charge < -0.3 is 15.4 Å². The molecule has 0 bridgehead atoms. The SMILES string of the molecule is CCCNC(=O)c1ccc(NC(=O)c2ccc(Oc3ccc(Br)cc3)nc2)cc1. The van der Waals surface area contributed by atoms with E-state index < -0.39 is 0 Å². The Morgan fingerprint density at radius 2 is 1.62 bits per heavy atom. The molecule has 0 saturated carbocycles. The van der Waals surface area contributed by atoms with Gasteiger partial charge in [-0.15, -0.1) is 0 Å². The molecular formula is C22H20BrN3O3. The number of rotatable bonds is 7. The van der Waals surface area contributed by atoms with E-state index >= 15 is 0 Å². The van der Waals surface area contributed by atoms with E-state index in [1.807, 2.05) is 31.2 Å². The zero-order chi connectivity index (χ0) is 20.6. The first-order valence-electron chi connectivity index (χ1n) is 9.14. The summed E-state index contributed by atoms with van der Waals surface area (Å²) in [6, 6.07) is 17.4. The second kappa shape index (κ2) is 9.84. The fourth-order valence-corrected chi connectivity index (χ4v) is 2.71. The summed E-state index contributed by atoms with van der Waals surface area (Å²) < 4.78 is 6.61. The molecule has 6 nitrogen and oxygen atoms in total. The maximum Gasteiger partial charge on any atom is 0.257 e. The van der Waals surface area contributed by atoms with Gasteiger partial charge in [-0.1, -0.05) is 22.9 Å². The highest BCUT2D eigenvalue weighted by molar-refractivity contribution is 9.10. The first kappa shape index (κ1) is 20.5. The van der Waals surface area contributed by atoms with Crippen LogP contribution in [0.1, 0.15) is 34.1 Å². The maximum atomic E-state index is 12.4. The lowest BCUT2D eigenvalue weighted by Crippen LogP contribution is -2.23. The smallest absolute Gasteiger partial charge is 0.257 e. The summed E-state index contributed by atoms with van der Waals surface area (Å²) in [5.74, 6) is 0.624. The number of aromatic nitrogens is 1. The summed E-state index contributed by atoms with van der Waals surface area (Å²) in [4.78, 5) is 28.5. The Balaban J connectivity index is 1.59. The highest BCUT2D eigenvalue weighted by atomic mass is 79.9. The zero-order valence-corrected chi connectivity index (χ0v) is 17.4. The van der Waals surface area contributed by atoms with E-state index in [4.69, 9.17) is 4.74 Å². The molecule has 29 heavy (non-hydrogen) atoms. The third-order valence-electron chi connectivity index (χ3n) is 3.98. The van der Waals surface area contributed by atoms with Crippen molar-refractivity contribution in [2.24, 2.45) is 0 Å². The molecule has 7 heteroatoms. The fraction of sp³-hybridized carbons (Fsp3) is 0.136. The lowest BCUT2D eigenvalue weighted by Gasteiger charge is -2.08. The molecule has 2 amide bonds. The molecule has 2 N–H and O–H groups in total. The van der Waals surface area contributed by atoms with Gasteiger partial charge in [-0.3, -0.25) is 9.59 Å². The number of hydrogen-bond acceptors (Lipinski definition) is 4. The minimum absolute atomic E-state index is 0.129. The van der Waals surface area contributed by atoms with E-state index in [0.29, 0.717) is 35.0 Å². The standard InChI is InChI=1S/C22H20BrN3O3/c1-2-13-24-21(27)15-3-8-18(9-4-15)26-22(28)16-5-12-20(25-14-16)29-19-10-6-17(23)7-11-19/h3-12,14H,2,13H2,1H3,(H,24,27)(H,26,28). The van der Waals surface area contributed by atoms with Crippen LogP contribution in [0.3, 0.4) is 0 Å². The number of hydrogen-bond donors (Lipinski definition) is 2. The van der Waals surface area contributed by atoms with Gasteiger partial charge in [0.15, 0.2) is 0 Å². The fourth-order valence-electron chi connectivity index (χ4n) is 2.45. The second-order valence-corrected chi connectivity index (χ2v) is 7.14. The molecule has 2 aromatic carbocycles. The summed E-state index contributed by atoms with van der Waals surface area (Å²) in [5.41, 5.74) is 1.54. The van der Waals surface area contributed by atoms with Crippen molar-refractivity contribution in [3.63, 3.8) is 0 Å². The lowest BCUT2D eigenvalue weighted by atomic mass is 10.2. The zero-order valence-electron chi connectivity index (χ0n) is 15.8. The molecule has 0 unspecified atom stereocenters. The highest BCUT2D eigenvalue weighted by Crippen LogP contribution is 2.22. The van der Waals surface area contributed by atoms with Crippen molar-refractivity contribution >= 4 is 33.4 Å². The summed E-state index contributed by atoms with van der Waals surface area (Å²) in [7, 11) is 0. The average Bonchev–Trinajstić information content (AvgIpc) is 2.74. The Bertz CT molecular complexity index is 972. The van der Waals surface area contributed by atoms with Crippen LogP contribution in [-0.2, 0) is 0 Å². The normalized spacial score (nSPS) is 10.3. The Morgan fingerprint density at radius 3 is 2.24 bits per heavy atom. The summed E-state index contributed by atoms with van der Waals surface area (Å²) >= 11 is 3.37. The van der Waals surface area contributed by atoms with Crippen molar-refractivity contribution in [3.05, 3.63) is 82.5 Å². The Morgan fingerprint density at radius 1 is 0.931 bits per heavy atom. The number of pyridine rings is 1. The Labute approximate surface area is 177 Å². The van der Waals surface area contributed by atoms with Crippen molar-refractivity contribution in [2.45, 2.75) is 13.3 Å². The predicted molar refractivity (Wildman–Crippen MR) is 115 cm³/mol. The molecule has 148 valence electrons. The average molecular weight is 454 g/mol. The van der Waals surface area contributed by atoms with Crippen molar-refractivity contribution < 1.29 is 14.3 Å². The summed E-state index contributed by atoms with van der Waals surface area (Å²) in [5, 5.41) is 5.60. The van der Waals surface area contributed by atoms with E-state index in [1.165, 1.54) is 6.20 Å². The van der Waals surface area contributed by atoms with Gasteiger partial charge in [-0.05, 0) is 61.0 Å². The quantitative estimate of drug-likeness (QED) is 0.525. The minimum Gasteiger partial charge on any atom is -0.439 e. The van der Waals surface area contributed by atoms with E-state index in [9.17, 15) is 9.59 Å². The molecular weight excluding hydrogens is 434 g/mol. The lowest BCUT2D eigenvalue weighted by molar-refractivity contribution is 0.0953. The van der Waals surface area contributed by atoms with Gasteiger partial charge in [0, 0.05) is 34.5 Å². The first-order valence-corrected chi connectivity index (χ1v) is 9.93. The molecule has 1 aromatic heterocycles. The molecule has 0 radical (unpaired) electrons. The number of nitrogens with zero attached hydrogens (tertiary/aromatic N) is 1. The van der Waals surface area contributed by atoms with Crippen molar-refractivity contribution in [2.75, 3.05) is 11.9 Å². The number of amides is 2. The van der Waals surface area contributed by atoms with Crippen LogP contribution in [0.15, 0.2) is 71.3 Å². The number of ether oxygens (including phenoxy) is 1. The van der Waals surface area contributed by atoms with Crippen LogP contribution >= 0.6 is 15.9 Å². The van der Waals surface area contributed by atoms with Gasteiger partial charge in [0.2, 0.25) is 5.88 Å². The maximum absolute atomic E-state index is 12.4. The molecule has 0 aliphatic carbocycles. The van der Waals surface area contributed by atoms with E-state index in [-0.39, 0.29) is 11.8 Å². The third kappa shape index (κ3) is 5.89. The van der Waals surface area contributed by atoms with Crippen LogP contribution in [-0.4, -0.2) is 23.3 Å². The number of nitrogens with one attached hydrogen (secondary N) is 2. The van der Waals surface area contributed by atoms with Crippen molar-refractivity contribution in [1.29, 1.82) is 0 Å². The Kier molecular flexibility index (Phi) is 6.97. The molecule has 3 rings (SSSR count). The van der Waals surface area contributed by atoms with Gasteiger partial charge in [0.25, 0.3) is 11.8 Å². The van der Waals surface area contributed by atoms with Crippen LogP contribution in [0, 0.1) is 0 Å². The number of halogens is 1. The van der Waals surface area contributed by atoms with Gasteiger partial charge in [0.05, 0.1) is 5.56 Å². The number of benzene rings is 2. The van der Waals surface area contributed by atoms with E-state index in [2.05, 4.69) is 31.5 Å². The Hall–Kier alpha value is -3.19. The van der Waals surface area contributed by atoms with Crippen molar-refractivity contribution in [1.82, 2.24) is 10.3 Å². The summed E-state index contributed by atoms with van der Waals surface area (Å²) in [6.45, 7) is 2.62. The molecule has 0 fully saturated rings. The first-order chi connectivity index (χ1) is 14.0. The molecule has 0 aliphatic heterocycles. The third-order valence-corrected chi connectivity index (χ3v) is 4.50. The van der Waals surface area contributed by atoms with Crippen LogP contribution in [0.5, 0.6) is 11.6 Å². The number of anilines is 1. The summed E-state index contributed by atoms with van der Waals surface area (Å²) in [6.07, 6.45) is 2.33. The van der Waals surface area contributed by atoms with Crippen molar-refractivity contribution in [3.8, 4) is 11.6 Å². The highest BCUT2D eigenvalue weighted by Gasteiger charge is 2.09. The van der Waals surface area contributed by atoms with E-state index in [0.717, 1.165) is 10.9 Å². The monoisotopic (exact) mass is 453 g/mol. The molecule has 0 saturated heterocycles. The molecule has 0 spiro atoms.